The van der Waals surface area contributed by atoms with E-state index in [0.29, 0.717) is 30.3 Å². The van der Waals surface area contributed by atoms with Gasteiger partial charge in [-0.1, -0.05) is 32.9 Å². The van der Waals surface area contributed by atoms with Gasteiger partial charge in [-0.05, 0) is 48.6 Å². The molecule has 0 aliphatic carbocycles. The number of nitrogens with one attached hydrogen (secondary N) is 2. The third-order valence-electron chi connectivity index (χ3n) is 4.61. The maximum Gasteiger partial charge on any atom is 0.247 e. The lowest BCUT2D eigenvalue weighted by molar-refractivity contribution is -0.117. The molecule has 0 fully saturated rings. The zero-order valence-electron chi connectivity index (χ0n) is 15.3. The lowest BCUT2D eigenvalue weighted by atomic mass is 9.90. The van der Waals surface area contributed by atoms with Crippen LogP contribution in [0.4, 0.5) is 5.69 Å². The summed E-state index contributed by atoms with van der Waals surface area (Å²) in [7, 11) is 0. The van der Waals surface area contributed by atoms with E-state index in [1.807, 2.05) is 25.1 Å². The lowest BCUT2D eigenvalue weighted by Gasteiger charge is -2.16. The summed E-state index contributed by atoms with van der Waals surface area (Å²) in [5, 5.41) is 10.3. The fourth-order valence-electron chi connectivity index (χ4n) is 2.78. The number of rotatable bonds is 7. The molecule has 0 saturated carbocycles. The molecule has 1 aliphatic rings. The second-order valence-electron chi connectivity index (χ2n) is 6.81. The third kappa shape index (κ3) is 5.02. The molecule has 0 radical (unpaired) electrons. The molecule has 5 heteroatoms. The molecule has 1 aliphatic heterocycles. The van der Waals surface area contributed by atoms with Crippen LogP contribution >= 0.6 is 0 Å². The Hall–Kier alpha value is -2.43. The first-order valence-corrected chi connectivity index (χ1v) is 8.90. The highest BCUT2D eigenvalue weighted by Gasteiger charge is 2.17. The van der Waals surface area contributed by atoms with Gasteiger partial charge < -0.3 is 16.5 Å². The van der Waals surface area contributed by atoms with Crippen LogP contribution in [0.2, 0.25) is 0 Å². The van der Waals surface area contributed by atoms with Gasteiger partial charge in [-0.25, -0.2) is 4.99 Å². The second kappa shape index (κ2) is 8.60. The molecule has 5 nitrogen and oxygen atoms in total. The van der Waals surface area contributed by atoms with Gasteiger partial charge in [0, 0.05) is 24.1 Å². The van der Waals surface area contributed by atoms with Crippen molar-refractivity contribution in [1.29, 1.82) is 5.41 Å². The molecule has 1 heterocycles. The summed E-state index contributed by atoms with van der Waals surface area (Å²) in [5.41, 5.74) is 9.57. The van der Waals surface area contributed by atoms with Crippen molar-refractivity contribution < 1.29 is 4.79 Å². The van der Waals surface area contributed by atoms with Gasteiger partial charge in [0.05, 0.1) is 5.69 Å². The summed E-state index contributed by atoms with van der Waals surface area (Å²) < 4.78 is 0. The molecule has 0 bridgehead atoms. The van der Waals surface area contributed by atoms with Crippen LogP contribution in [-0.2, 0) is 11.2 Å². The summed E-state index contributed by atoms with van der Waals surface area (Å²) in [4.78, 5) is 16.8. The molecule has 0 spiro atoms. The Morgan fingerprint density at radius 2 is 2.20 bits per heavy atom. The minimum Gasteiger partial charge on any atom is -0.387 e. The van der Waals surface area contributed by atoms with Crippen molar-refractivity contribution in [3.63, 3.8) is 0 Å². The van der Waals surface area contributed by atoms with Crippen LogP contribution in [0.25, 0.3) is 6.08 Å². The van der Waals surface area contributed by atoms with Gasteiger partial charge in [-0.3, -0.25) is 4.79 Å². The van der Waals surface area contributed by atoms with Gasteiger partial charge in [-0.15, -0.1) is 0 Å². The number of fused-ring (bicyclic) bond motifs is 1. The normalized spacial score (nSPS) is 16.0. The first-order chi connectivity index (χ1) is 11.9. The minimum absolute atomic E-state index is 0.0784. The lowest BCUT2D eigenvalue weighted by Crippen LogP contribution is -2.27. The van der Waals surface area contributed by atoms with Crippen LogP contribution < -0.4 is 11.1 Å². The Bertz CT molecular complexity index is 706. The van der Waals surface area contributed by atoms with Gasteiger partial charge in [0.25, 0.3) is 0 Å². The van der Waals surface area contributed by atoms with Gasteiger partial charge >= 0.3 is 0 Å². The number of amides is 1. The molecule has 0 saturated heterocycles. The summed E-state index contributed by atoms with van der Waals surface area (Å²) >= 11 is 0. The summed E-state index contributed by atoms with van der Waals surface area (Å²) in [6.45, 7) is 6.88. The second-order valence-corrected chi connectivity index (χ2v) is 6.81. The predicted molar refractivity (Wildman–Crippen MR) is 104 cm³/mol. The number of hydrogen-bond acceptors (Lipinski definition) is 4. The van der Waals surface area contributed by atoms with Crippen molar-refractivity contribution in [2.75, 3.05) is 6.54 Å². The molecule has 0 aromatic heterocycles. The molecule has 2 atom stereocenters. The van der Waals surface area contributed by atoms with Crippen LogP contribution in [-0.4, -0.2) is 24.5 Å². The Morgan fingerprint density at radius 1 is 1.44 bits per heavy atom. The maximum absolute atomic E-state index is 12.3. The van der Waals surface area contributed by atoms with E-state index in [-0.39, 0.29) is 11.8 Å². The average molecular weight is 340 g/mol. The molecule has 1 amide bonds. The van der Waals surface area contributed by atoms with E-state index in [4.69, 9.17) is 11.1 Å². The van der Waals surface area contributed by atoms with Crippen molar-refractivity contribution in [2.24, 2.45) is 22.6 Å². The van der Waals surface area contributed by atoms with E-state index < -0.39 is 0 Å². The molecule has 25 heavy (non-hydrogen) atoms. The predicted octanol–water partition coefficient (Wildman–Crippen LogP) is 3.45. The average Bonchev–Trinajstić information content (AvgIpc) is 2.76. The van der Waals surface area contributed by atoms with Crippen LogP contribution in [0.5, 0.6) is 0 Å². The molecular weight excluding hydrogens is 312 g/mol. The van der Waals surface area contributed by atoms with Crippen molar-refractivity contribution in [1.82, 2.24) is 5.32 Å². The van der Waals surface area contributed by atoms with Crippen LogP contribution in [0.15, 0.2) is 28.8 Å². The Morgan fingerprint density at radius 3 is 2.88 bits per heavy atom. The fourth-order valence-corrected chi connectivity index (χ4v) is 2.78. The zero-order chi connectivity index (χ0) is 18.4. The standard InChI is InChI=1S/C20H28N4O/c1-4-7-23-20(25)17-10-16-6-5-15(8-13(2)14(3)12-21)9-18(16)24-19(22)11-17/h5-6,9-10,12-14,21H,4,7-8,11H2,1-3H3,(H2,22,24)(H,23,25). The van der Waals surface area contributed by atoms with Gasteiger partial charge in [0.1, 0.15) is 5.84 Å². The number of benzene rings is 1. The van der Waals surface area contributed by atoms with Crippen molar-refractivity contribution >= 4 is 29.7 Å². The number of amidine groups is 1. The first-order valence-electron chi connectivity index (χ1n) is 8.90. The molecule has 2 rings (SSSR count). The van der Waals surface area contributed by atoms with E-state index in [1.54, 1.807) is 0 Å². The van der Waals surface area contributed by atoms with Gasteiger partial charge in [0.2, 0.25) is 5.91 Å². The number of hydrogen-bond donors (Lipinski definition) is 3. The molecule has 2 unspecified atom stereocenters. The molecule has 134 valence electrons. The molecule has 1 aromatic carbocycles. The van der Waals surface area contributed by atoms with E-state index >= 15 is 0 Å². The monoisotopic (exact) mass is 340 g/mol. The summed E-state index contributed by atoms with van der Waals surface area (Å²) in [6.07, 6.45) is 5.52. The number of aliphatic imine (C=N–C) groups is 1. The van der Waals surface area contributed by atoms with Gasteiger partial charge in [0.15, 0.2) is 0 Å². The highest BCUT2D eigenvalue weighted by atomic mass is 16.1. The Balaban J connectivity index is 2.26. The maximum atomic E-state index is 12.3. The first kappa shape index (κ1) is 18.9. The number of nitrogens with two attached hydrogens (primary N) is 1. The number of carbonyl (C=O) groups excluding carboxylic acids is 1. The van der Waals surface area contributed by atoms with Crippen LogP contribution in [0, 0.1) is 17.2 Å². The zero-order valence-corrected chi connectivity index (χ0v) is 15.3. The highest BCUT2D eigenvalue weighted by Crippen LogP contribution is 2.29. The third-order valence-corrected chi connectivity index (χ3v) is 4.61. The fraction of sp³-hybridized carbons (Fsp3) is 0.450. The Kier molecular flexibility index (Phi) is 6.51. The van der Waals surface area contributed by atoms with Gasteiger partial charge in [-0.2, -0.15) is 0 Å². The SMILES string of the molecule is CCCNC(=O)C1=Cc2ccc(CC(C)C(C)C=N)cc2N=C(N)C1. The van der Waals surface area contributed by atoms with E-state index in [1.165, 1.54) is 11.8 Å². The van der Waals surface area contributed by atoms with E-state index in [9.17, 15) is 4.79 Å². The van der Waals surface area contributed by atoms with Crippen molar-refractivity contribution in [2.45, 2.75) is 40.0 Å². The summed E-state index contributed by atoms with van der Waals surface area (Å²) in [6, 6.07) is 6.11. The number of carbonyl (C=O) groups is 1. The minimum atomic E-state index is -0.0784. The van der Waals surface area contributed by atoms with Crippen molar-refractivity contribution in [3.05, 3.63) is 34.9 Å². The van der Waals surface area contributed by atoms with E-state index in [0.717, 1.165) is 24.1 Å². The summed E-state index contributed by atoms with van der Waals surface area (Å²) in [5.74, 6) is 0.995. The molecule has 1 aromatic rings. The number of nitrogens with zero attached hydrogens (tertiary/aromatic N) is 1. The quantitative estimate of drug-likeness (QED) is 0.663. The van der Waals surface area contributed by atoms with Crippen LogP contribution in [0.3, 0.4) is 0 Å². The molecular formula is C20H28N4O. The molecule has 4 N–H and O–H groups in total. The van der Waals surface area contributed by atoms with Crippen LogP contribution in [0.1, 0.15) is 44.7 Å². The van der Waals surface area contributed by atoms with E-state index in [2.05, 4.69) is 30.2 Å². The largest absolute Gasteiger partial charge is 0.387 e. The highest BCUT2D eigenvalue weighted by molar-refractivity contribution is 6.05. The van der Waals surface area contributed by atoms with Crippen molar-refractivity contribution in [3.8, 4) is 0 Å². The Labute approximate surface area is 149 Å². The topological polar surface area (TPSA) is 91.3 Å². The smallest absolute Gasteiger partial charge is 0.247 e.